The average molecular weight is 169 g/mol. The first-order chi connectivity index (χ1) is 5.76. The molecule has 0 aromatic carbocycles. The van der Waals surface area contributed by atoms with Gasteiger partial charge in [-0.15, -0.1) is 13.2 Å². The van der Waals surface area contributed by atoms with E-state index in [1.807, 2.05) is 6.92 Å². The van der Waals surface area contributed by atoms with E-state index < -0.39 is 0 Å². The molecule has 0 atom stereocenters. The van der Waals surface area contributed by atoms with Gasteiger partial charge in [0, 0.05) is 6.42 Å². The summed E-state index contributed by atoms with van der Waals surface area (Å²) in [4.78, 5) is 16.3. The van der Waals surface area contributed by atoms with Gasteiger partial charge >= 0.3 is 0 Å². The maximum atomic E-state index is 11.2. The molecule has 0 heterocycles. The highest BCUT2D eigenvalue weighted by Crippen LogP contribution is 1.96. The molecule has 0 aromatic rings. The van der Waals surface area contributed by atoms with Gasteiger partial charge in [-0.1, -0.05) is 12.2 Å². The highest BCUT2D eigenvalue weighted by Gasteiger charge is 2.09. The fourth-order valence-corrected chi connectivity index (χ4v) is 0.725. The first-order valence-corrected chi connectivity index (χ1v) is 3.91. The SMILES string of the molecule is C=CCC(=O)N(CC=C)OCC. The molecule has 0 aromatic heterocycles. The normalized spacial score (nSPS) is 9.08. The van der Waals surface area contributed by atoms with Crippen LogP contribution in [0.1, 0.15) is 13.3 Å². The van der Waals surface area contributed by atoms with Crippen LogP contribution in [0.2, 0.25) is 0 Å². The molecule has 0 aliphatic heterocycles. The number of hydrogen-bond donors (Lipinski definition) is 0. The Bertz CT molecular complexity index is 166. The maximum Gasteiger partial charge on any atom is 0.250 e. The second-order valence-corrected chi connectivity index (χ2v) is 2.15. The molecule has 0 saturated carbocycles. The third kappa shape index (κ3) is 3.93. The van der Waals surface area contributed by atoms with Crippen molar-refractivity contribution in [3.63, 3.8) is 0 Å². The van der Waals surface area contributed by atoms with Gasteiger partial charge in [0.2, 0.25) is 5.91 Å². The van der Waals surface area contributed by atoms with Crippen LogP contribution in [0.5, 0.6) is 0 Å². The van der Waals surface area contributed by atoms with E-state index in [9.17, 15) is 4.79 Å². The Balaban J connectivity index is 3.97. The van der Waals surface area contributed by atoms with Crippen molar-refractivity contribution >= 4 is 5.91 Å². The van der Waals surface area contributed by atoms with Crippen molar-refractivity contribution in [3.8, 4) is 0 Å². The molecular weight excluding hydrogens is 154 g/mol. The standard InChI is InChI=1S/C9H15NO2/c1-4-7-9(11)10(8-5-2)12-6-3/h4-5H,1-2,6-8H2,3H3. The maximum absolute atomic E-state index is 11.2. The predicted octanol–water partition coefficient (Wildman–Crippen LogP) is 1.53. The monoisotopic (exact) mass is 169 g/mol. The largest absolute Gasteiger partial charge is 0.272 e. The number of carbonyl (C=O) groups excluding carboxylic acids is 1. The topological polar surface area (TPSA) is 29.5 Å². The lowest BCUT2D eigenvalue weighted by molar-refractivity contribution is -0.180. The Morgan fingerprint density at radius 1 is 1.50 bits per heavy atom. The zero-order valence-electron chi connectivity index (χ0n) is 7.45. The van der Waals surface area contributed by atoms with E-state index in [4.69, 9.17) is 4.84 Å². The van der Waals surface area contributed by atoms with E-state index in [1.165, 1.54) is 5.06 Å². The lowest BCUT2D eigenvalue weighted by Crippen LogP contribution is -2.30. The number of amides is 1. The van der Waals surface area contributed by atoms with Crippen LogP contribution in [0.3, 0.4) is 0 Å². The zero-order valence-corrected chi connectivity index (χ0v) is 7.45. The summed E-state index contributed by atoms with van der Waals surface area (Å²) in [5, 5.41) is 1.29. The lowest BCUT2D eigenvalue weighted by Gasteiger charge is -2.18. The van der Waals surface area contributed by atoms with Gasteiger partial charge in [-0.25, -0.2) is 5.06 Å². The van der Waals surface area contributed by atoms with Gasteiger partial charge in [0.15, 0.2) is 0 Å². The van der Waals surface area contributed by atoms with Crippen molar-refractivity contribution in [1.82, 2.24) is 5.06 Å². The van der Waals surface area contributed by atoms with Gasteiger partial charge in [-0.05, 0) is 6.92 Å². The molecule has 0 unspecified atom stereocenters. The number of hydroxylamine groups is 2. The molecule has 0 aliphatic carbocycles. The van der Waals surface area contributed by atoms with Crippen molar-refractivity contribution in [3.05, 3.63) is 25.3 Å². The molecule has 1 amide bonds. The van der Waals surface area contributed by atoms with Crippen molar-refractivity contribution in [2.24, 2.45) is 0 Å². The Labute approximate surface area is 73.3 Å². The van der Waals surface area contributed by atoms with Crippen molar-refractivity contribution in [1.29, 1.82) is 0 Å². The van der Waals surface area contributed by atoms with Crippen LogP contribution in [0.15, 0.2) is 25.3 Å². The highest BCUT2D eigenvalue weighted by molar-refractivity contribution is 5.76. The Morgan fingerprint density at radius 2 is 2.17 bits per heavy atom. The van der Waals surface area contributed by atoms with Crippen LogP contribution in [0.4, 0.5) is 0 Å². The molecule has 0 N–H and O–H groups in total. The van der Waals surface area contributed by atoms with Gasteiger partial charge in [0.05, 0.1) is 13.2 Å². The summed E-state index contributed by atoms with van der Waals surface area (Å²) < 4.78 is 0. The first kappa shape index (κ1) is 10.9. The van der Waals surface area contributed by atoms with Gasteiger partial charge in [-0.3, -0.25) is 9.63 Å². The predicted molar refractivity (Wildman–Crippen MR) is 48.4 cm³/mol. The van der Waals surface area contributed by atoms with E-state index >= 15 is 0 Å². The summed E-state index contributed by atoms with van der Waals surface area (Å²) in [5.41, 5.74) is 0. The quantitative estimate of drug-likeness (QED) is 0.445. The fourth-order valence-electron chi connectivity index (χ4n) is 0.725. The molecule has 0 bridgehead atoms. The minimum atomic E-state index is -0.0910. The Kier molecular flexibility index (Phi) is 6.01. The van der Waals surface area contributed by atoms with E-state index in [1.54, 1.807) is 12.2 Å². The second-order valence-electron chi connectivity index (χ2n) is 2.15. The molecule has 3 heteroatoms. The molecular formula is C9H15NO2. The number of carbonyl (C=O) groups is 1. The average Bonchev–Trinajstić information content (AvgIpc) is 2.04. The molecule has 0 aliphatic rings. The van der Waals surface area contributed by atoms with Gasteiger partial charge < -0.3 is 0 Å². The van der Waals surface area contributed by atoms with Crippen molar-refractivity contribution in [2.75, 3.05) is 13.2 Å². The number of nitrogens with zero attached hydrogens (tertiary/aromatic N) is 1. The van der Waals surface area contributed by atoms with Crippen LogP contribution >= 0.6 is 0 Å². The smallest absolute Gasteiger partial charge is 0.250 e. The molecule has 0 spiro atoms. The molecule has 68 valence electrons. The summed E-state index contributed by atoms with van der Waals surface area (Å²) in [6, 6.07) is 0. The molecule has 0 radical (unpaired) electrons. The molecule has 3 nitrogen and oxygen atoms in total. The van der Waals surface area contributed by atoms with Gasteiger partial charge in [0.1, 0.15) is 0 Å². The summed E-state index contributed by atoms with van der Waals surface area (Å²) in [6.45, 7) is 9.73. The summed E-state index contributed by atoms with van der Waals surface area (Å²) in [6.07, 6.45) is 3.47. The van der Waals surface area contributed by atoms with Crippen molar-refractivity contribution in [2.45, 2.75) is 13.3 Å². The summed E-state index contributed by atoms with van der Waals surface area (Å²) >= 11 is 0. The molecule has 0 saturated heterocycles. The van der Waals surface area contributed by atoms with E-state index in [2.05, 4.69) is 13.2 Å². The minimum Gasteiger partial charge on any atom is -0.272 e. The zero-order chi connectivity index (χ0) is 9.40. The van der Waals surface area contributed by atoms with Crippen LogP contribution < -0.4 is 0 Å². The van der Waals surface area contributed by atoms with E-state index in [0.29, 0.717) is 19.6 Å². The Hall–Kier alpha value is -1.09. The summed E-state index contributed by atoms with van der Waals surface area (Å²) in [5.74, 6) is -0.0910. The van der Waals surface area contributed by atoms with Gasteiger partial charge in [-0.2, -0.15) is 0 Å². The Morgan fingerprint density at radius 3 is 2.58 bits per heavy atom. The number of hydrogen-bond acceptors (Lipinski definition) is 2. The summed E-state index contributed by atoms with van der Waals surface area (Å²) in [7, 11) is 0. The molecule has 12 heavy (non-hydrogen) atoms. The first-order valence-electron chi connectivity index (χ1n) is 3.91. The molecule has 0 fully saturated rings. The van der Waals surface area contributed by atoms with E-state index in [-0.39, 0.29) is 5.91 Å². The van der Waals surface area contributed by atoms with E-state index in [0.717, 1.165) is 0 Å². The second kappa shape index (κ2) is 6.61. The van der Waals surface area contributed by atoms with Crippen molar-refractivity contribution < 1.29 is 9.63 Å². The lowest BCUT2D eigenvalue weighted by atomic mass is 10.4. The third-order valence-electron chi connectivity index (χ3n) is 1.18. The fraction of sp³-hybridized carbons (Fsp3) is 0.444. The highest BCUT2D eigenvalue weighted by atomic mass is 16.7. The third-order valence-corrected chi connectivity index (χ3v) is 1.18. The van der Waals surface area contributed by atoms with Crippen LogP contribution in [-0.2, 0) is 9.63 Å². The van der Waals surface area contributed by atoms with Crippen LogP contribution in [-0.4, -0.2) is 24.1 Å². The van der Waals surface area contributed by atoms with Crippen LogP contribution in [0.25, 0.3) is 0 Å². The number of rotatable bonds is 6. The molecule has 0 rings (SSSR count). The van der Waals surface area contributed by atoms with Gasteiger partial charge in [0.25, 0.3) is 0 Å². The van der Waals surface area contributed by atoms with Crippen LogP contribution in [0, 0.1) is 0 Å². The minimum absolute atomic E-state index is 0.0910.